The van der Waals surface area contributed by atoms with E-state index in [0.717, 1.165) is 0 Å². The van der Waals surface area contributed by atoms with E-state index in [2.05, 4.69) is 10.1 Å². The van der Waals surface area contributed by atoms with Crippen LogP contribution in [0.15, 0.2) is 42.5 Å². The normalized spacial score (nSPS) is 11.2. The van der Waals surface area contributed by atoms with Crippen LogP contribution in [0.3, 0.4) is 0 Å². The molecule has 1 amide bonds. The topological polar surface area (TPSA) is 47.6 Å². The van der Waals surface area contributed by atoms with Gasteiger partial charge in [-0.2, -0.15) is 13.2 Å². The van der Waals surface area contributed by atoms with Crippen molar-refractivity contribution < 1.29 is 27.4 Å². The summed E-state index contributed by atoms with van der Waals surface area (Å²) in [6.07, 6.45) is -4.36. The maximum atomic E-state index is 12.2. The molecule has 4 nitrogen and oxygen atoms in total. The molecule has 25 heavy (non-hydrogen) atoms. The summed E-state index contributed by atoms with van der Waals surface area (Å²) < 4.78 is 45.6. The number of alkyl halides is 3. The van der Waals surface area contributed by atoms with Gasteiger partial charge in [0.15, 0.2) is 0 Å². The van der Waals surface area contributed by atoms with Gasteiger partial charge in [-0.25, -0.2) is 0 Å². The molecule has 0 radical (unpaired) electrons. The largest absolute Gasteiger partial charge is 0.495 e. The van der Waals surface area contributed by atoms with Gasteiger partial charge in [0.2, 0.25) is 0 Å². The van der Waals surface area contributed by atoms with Gasteiger partial charge in [0.05, 0.1) is 18.7 Å². The fourth-order valence-corrected chi connectivity index (χ4v) is 2.24. The lowest BCUT2D eigenvalue weighted by molar-refractivity contribution is -0.176. The monoisotopic (exact) mass is 373 g/mol. The third-order valence-electron chi connectivity index (χ3n) is 3.16. The molecule has 0 unspecified atom stereocenters. The number of rotatable bonds is 6. The molecule has 0 aliphatic rings. The Hall–Kier alpha value is -2.25. The quantitative estimate of drug-likeness (QED) is 0.799. The molecule has 8 heteroatoms. The van der Waals surface area contributed by atoms with E-state index in [1.807, 2.05) is 0 Å². The summed E-state index contributed by atoms with van der Waals surface area (Å²) in [6.45, 7) is -1.50. The van der Waals surface area contributed by atoms with Gasteiger partial charge in [-0.05, 0) is 35.9 Å². The van der Waals surface area contributed by atoms with E-state index in [9.17, 15) is 18.0 Å². The van der Waals surface area contributed by atoms with E-state index < -0.39 is 12.8 Å². The second kappa shape index (κ2) is 8.22. The van der Waals surface area contributed by atoms with E-state index in [1.54, 1.807) is 18.2 Å². The molecule has 0 heterocycles. The molecule has 0 aliphatic heterocycles. The lowest BCUT2D eigenvalue weighted by Crippen LogP contribution is -2.16. The van der Waals surface area contributed by atoms with Crippen molar-refractivity contribution in [2.75, 3.05) is 19.0 Å². The molecule has 0 saturated heterocycles. The highest BCUT2D eigenvalue weighted by Crippen LogP contribution is 2.27. The summed E-state index contributed by atoms with van der Waals surface area (Å²) in [6, 6.07) is 10.9. The molecule has 0 bridgehead atoms. The first-order valence-corrected chi connectivity index (χ1v) is 7.54. The molecule has 0 spiro atoms. The maximum absolute atomic E-state index is 12.2. The molecule has 2 aromatic rings. The summed E-state index contributed by atoms with van der Waals surface area (Å²) in [5.74, 6) is 0.117. The van der Waals surface area contributed by atoms with Crippen LogP contribution in [0, 0.1) is 0 Å². The lowest BCUT2D eigenvalue weighted by atomic mass is 10.1. The van der Waals surface area contributed by atoms with Gasteiger partial charge < -0.3 is 14.8 Å². The highest BCUT2D eigenvalue weighted by atomic mass is 35.5. The summed E-state index contributed by atoms with van der Waals surface area (Å²) in [7, 11) is 1.49. The van der Waals surface area contributed by atoms with E-state index in [1.165, 1.54) is 31.4 Å². The van der Waals surface area contributed by atoms with Crippen LogP contribution < -0.4 is 10.1 Å². The average Bonchev–Trinajstić information content (AvgIpc) is 2.54. The molecule has 2 aromatic carbocycles. The Bertz CT molecular complexity index is 733. The molecule has 0 fully saturated rings. The standard InChI is InChI=1S/C17H15ClF3NO3/c1-24-15-7-6-13(8-14(15)18)22-16(23)12-4-2-11(3-5-12)9-25-10-17(19,20)21/h2-8H,9-10H2,1H3,(H,22,23). The number of anilines is 1. The number of halogens is 4. The molecular weight excluding hydrogens is 359 g/mol. The van der Waals surface area contributed by atoms with Crippen LogP contribution >= 0.6 is 11.6 Å². The minimum Gasteiger partial charge on any atom is -0.495 e. The van der Waals surface area contributed by atoms with Crippen LogP contribution in [0.2, 0.25) is 5.02 Å². The zero-order valence-corrected chi connectivity index (χ0v) is 13.9. The number of carbonyl (C=O) groups is 1. The van der Waals surface area contributed by atoms with Gasteiger partial charge in [-0.3, -0.25) is 4.79 Å². The Balaban J connectivity index is 1.95. The third kappa shape index (κ3) is 5.95. The number of benzene rings is 2. The van der Waals surface area contributed by atoms with Crippen LogP contribution in [-0.4, -0.2) is 25.8 Å². The van der Waals surface area contributed by atoms with Crippen LogP contribution in [0.25, 0.3) is 0 Å². The first-order chi connectivity index (χ1) is 11.8. The van der Waals surface area contributed by atoms with Crippen molar-refractivity contribution in [2.24, 2.45) is 0 Å². The van der Waals surface area contributed by atoms with E-state index in [-0.39, 0.29) is 12.5 Å². The molecular formula is C17H15ClF3NO3. The minimum absolute atomic E-state index is 0.185. The van der Waals surface area contributed by atoms with Crippen LogP contribution in [0.4, 0.5) is 18.9 Å². The first kappa shape index (κ1) is 19.1. The zero-order valence-electron chi connectivity index (χ0n) is 13.2. The van der Waals surface area contributed by atoms with Crippen LogP contribution in [0.5, 0.6) is 5.75 Å². The van der Waals surface area contributed by atoms with Crippen molar-refractivity contribution in [3.8, 4) is 5.75 Å². The number of hydrogen-bond donors (Lipinski definition) is 1. The van der Waals surface area contributed by atoms with Gasteiger partial charge in [0.1, 0.15) is 12.4 Å². The number of amides is 1. The SMILES string of the molecule is COc1ccc(NC(=O)c2ccc(COCC(F)(F)F)cc2)cc1Cl. The Labute approximate surface area is 147 Å². The van der Waals surface area contributed by atoms with Crippen molar-refractivity contribution in [3.05, 3.63) is 58.6 Å². The Morgan fingerprint density at radius 2 is 1.84 bits per heavy atom. The summed E-state index contributed by atoms with van der Waals surface area (Å²) >= 11 is 5.99. The predicted molar refractivity (Wildman–Crippen MR) is 88.1 cm³/mol. The lowest BCUT2D eigenvalue weighted by Gasteiger charge is -2.09. The summed E-state index contributed by atoms with van der Waals surface area (Å²) in [5.41, 5.74) is 1.38. The molecule has 134 valence electrons. The van der Waals surface area contributed by atoms with Crippen molar-refractivity contribution in [1.82, 2.24) is 0 Å². The van der Waals surface area contributed by atoms with Gasteiger partial charge in [0, 0.05) is 11.3 Å². The van der Waals surface area contributed by atoms with E-state index in [0.29, 0.717) is 27.6 Å². The van der Waals surface area contributed by atoms with Crippen molar-refractivity contribution in [3.63, 3.8) is 0 Å². The molecule has 0 saturated carbocycles. The Kier molecular flexibility index (Phi) is 6.27. The molecule has 1 N–H and O–H groups in total. The molecule has 2 rings (SSSR count). The van der Waals surface area contributed by atoms with Crippen molar-refractivity contribution >= 4 is 23.2 Å². The highest BCUT2D eigenvalue weighted by Gasteiger charge is 2.27. The molecule has 0 aliphatic carbocycles. The zero-order chi connectivity index (χ0) is 18.4. The van der Waals surface area contributed by atoms with Crippen LogP contribution in [-0.2, 0) is 11.3 Å². The number of methoxy groups -OCH3 is 1. The second-order valence-electron chi connectivity index (χ2n) is 5.11. The smallest absolute Gasteiger partial charge is 0.411 e. The van der Waals surface area contributed by atoms with Crippen molar-refractivity contribution in [2.45, 2.75) is 12.8 Å². The Morgan fingerprint density at radius 1 is 1.16 bits per heavy atom. The third-order valence-corrected chi connectivity index (χ3v) is 3.46. The summed E-state index contributed by atoms with van der Waals surface area (Å²) in [4.78, 5) is 12.2. The van der Waals surface area contributed by atoms with Gasteiger partial charge in [-0.1, -0.05) is 23.7 Å². The van der Waals surface area contributed by atoms with Gasteiger partial charge in [0.25, 0.3) is 5.91 Å². The molecule has 0 aromatic heterocycles. The van der Waals surface area contributed by atoms with Crippen molar-refractivity contribution in [1.29, 1.82) is 0 Å². The van der Waals surface area contributed by atoms with Crippen LogP contribution in [0.1, 0.15) is 15.9 Å². The first-order valence-electron chi connectivity index (χ1n) is 7.17. The van der Waals surface area contributed by atoms with E-state index >= 15 is 0 Å². The minimum atomic E-state index is -4.36. The Morgan fingerprint density at radius 3 is 2.40 bits per heavy atom. The average molecular weight is 374 g/mol. The predicted octanol–water partition coefficient (Wildman–Crippen LogP) is 4.68. The fourth-order valence-electron chi connectivity index (χ4n) is 1.98. The fraction of sp³-hybridized carbons (Fsp3) is 0.235. The molecule has 0 atom stereocenters. The van der Waals surface area contributed by atoms with E-state index in [4.69, 9.17) is 16.3 Å². The second-order valence-corrected chi connectivity index (χ2v) is 5.52. The number of hydrogen-bond acceptors (Lipinski definition) is 3. The number of carbonyl (C=O) groups excluding carboxylic acids is 1. The van der Waals surface area contributed by atoms with Gasteiger partial charge in [-0.15, -0.1) is 0 Å². The summed E-state index contributed by atoms with van der Waals surface area (Å²) in [5, 5.41) is 3.03. The maximum Gasteiger partial charge on any atom is 0.411 e. The number of ether oxygens (including phenoxy) is 2. The van der Waals surface area contributed by atoms with Gasteiger partial charge >= 0.3 is 6.18 Å². The highest BCUT2D eigenvalue weighted by molar-refractivity contribution is 6.32. The number of nitrogens with one attached hydrogen (secondary N) is 1.